The average molecular weight is 662 g/mol. The molecule has 0 atom stereocenters. The van der Waals surface area contributed by atoms with Gasteiger partial charge in [0.1, 0.15) is 24.8 Å². The lowest BCUT2D eigenvalue weighted by Crippen LogP contribution is -2.44. The molecule has 0 aliphatic carbocycles. The van der Waals surface area contributed by atoms with Crippen LogP contribution in [-0.4, -0.2) is 22.2 Å². The highest BCUT2D eigenvalue weighted by molar-refractivity contribution is 6.87. The van der Waals surface area contributed by atoms with Crippen molar-refractivity contribution in [2.45, 2.75) is 66.1 Å². The van der Waals surface area contributed by atoms with Gasteiger partial charge in [0, 0.05) is 27.6 Å². The zero-order chi connectivity index (χ0) is 34.4. The number of fused-ring (bicyclic) bond motifs is 6. The predicted molar refractivity (Wildman–Crippen MR) is 208 cm³/mol. The fourth-order valence-corrected chi connectivity index (χ4v) is 9.11. The van der Waals surface area contributed by atoms with Crippen LogP contribution in [0, 0.1) is 6.92 Å². The molecular formula is C43H45N4OSi+. The van der Waals surface area contributed by atoms with Crippen molar-refractivity contribution in [3.05, 3.63) is 114 Å². The summed E-state index contributed by atoms with van der Waals surface area (Å²) in [6, 6.07) is 35.2. The van der Waals surface area contributed by atoms with Crippen molar-refractivity contribution in [1.82, 2.24) is 14.1 Å². The lowest BCUT2D eigenvalue weighted by molar-refractivity contribution is -0.633. The molecule has 0 N–H and O–H groups in total. The van der Waals surface area contributed by atoms with Crippen LogP contribution >= 0.6 is 0 Å². The van der Waals surface area contributed by atoms with E-state index in [0.29, 0.717) is 11.8 Å². The number of para-hydroxylation sites is 4. The Labute approximate surface area is 289 Å². The maximum absolute atomic E-state index is 7.16. The standard InChI is InChI=1S/C43H45N4OSi/c1-26(2)30-18-15-19-31(27(3)4)39(30)47-35-21-14-13-20-34(35)45(6)42(47)37-28(5)22-23-32-33-24-25-36-38(41(33)48-40(32)37)44-43(49(7,8)9)46(36)29-16-11-10-12-17-29/h10-27H,1-9H3/q+1. The summed E-state index contributed by atoms with van der Waals surface area (Å²) >= 11 is 0. The monoisotopic (exact) mass is 661 g/mol. The van der Waals surface area contributed by atoms with Crippen LogP contribution < -0.4 is 10.0 Å². The van der Waals surface area contributed by atoms with E-state index >= 15 is 0 Å². The Morgan fingerprint density at radius 2 is 1.31 bits per heavy atom. The molecule has 0 spiro atoms. The Hall–Kier alpha value is -4.94. The van der Waals surface area contributed by atoms with E-state index in [1.165, 1.54) is 33.4 Å². The third-order valence-corrected chi connectivity index (χ3v) is 11.8. The maximum atomic E-state index is 7.16. The number of hydrogen-bond acceptors (Lipinski definition) is 2. The lowest BCUT2D eigenvalue weighted by Gasteiger charge is -2.18. The molecule has 0 unspecified atom stereocenters. The summed E-state index contributed by atoms with van der Waals surface area (Å²) in [5, 5.41) is 2.21. The maximum Gasteiger partial charge on any atom is 0.299 e. The second-order valence-electron chi connectivity index (χ2n) is 15.2. The Bertz CT molecular complexity index is 2530. The van der Waals surface area contributed by atoms with Crippen LogP contribution in [0.3, 0.4) is 0 Å². The molecule has 8 rings (SSSR count). The normalized spacial score (nSPS) is 12.6. The Morgan fingerprint density at radius 3 is 1.98 bits per heavy atom. The molecule has 3 heterocycles. The number of hydrogen-bond donors (Lipinski definition) is 0. The lowest BCUT2D eigenvalue weighted by atomic mass is 9.92. The zero-order valence-electron chi connectivity index (χ0n) is 30.1. The summed E-state index contributed by atoms with van der Waals surface area (Å²) in [6.45, 7) is 18.5. The fourth-order valence-electron chi connectivity index (χ4n) is 7.75. The number of aromatic nitrogens is 4. The van der Waals surface area contributed by atoms with Gasteiger partial charge in [0.2, 0.25) is 0 Å². The van der Waals surface area contributed by atoms with Crippen LogP contribution in [-0.2, 0) is 7.05 Å². The van der Waals surface area contributed by atoms with Crippen LogP contribution in [0.2, 0.25) is 19.6 Å². The second kappa shape index (κ2) is 11.3. The molecule has 246 valence electrons. The molecule has 0 saturated heterocycles. The van der Waals surface area contributed by atoms with Gasteiger partial charge in [0.15, 0.2) is 22.2 Å². The summed E-state index contributed by atoms with van der Waals surface area (Å²) in [4.78, 5) is 5.41. The van der Waals surface area contributed by atoms with Gasteiger partial charge in [-0.15, -0.1) is 0 Å². The minimum absolute atomic E-state index is 0.352. The number of rotatable bonds is 6. The molecular weight excluding hydrogens is 617 g/mol. The largest absolute Gasteiger partial charge is 0.453 e. The van der Waals surface area contributed by atoms with E-state index in [-0.39, 0.29) is 0 Å². The van der Waals surface area contributed by atoms with Gasteiger partial charge in [0.05, 0.1) is 18.0 Å². The Morgan fingerprint density at radius 1 is 0.673 bits per heavy atom. The van der Waals surface area contributed by atoms with Gasteiger partial charge in [-0.1, -0.05) is 108 Å². The number of imidazole rings is 2. The van der Waals surface area contributed by atoms with Crippen molar-refractivity contribution in [2.75, 3.05) is 0 Å². The van der Waals surface area contributed by atoms with Crippen LogP contribution in [0.1, 0.15) is 56.2 Å². The van der Waals surface area contributed by atoms with Crippen molar-refractivity contribution in [1.29, 1.82) is 0 Å². The average Bonchev–Trinajstić information content (AvgIpc) is 3.75. The van der Waals surface area contributed by atoms with Gasteiger partial charge < -0.3 is 8.98 Å². The van der Waals surface area contributed by atoms with Crippen molar-refractivity contribution in [2.24, 2.45) is 7.05 Å². The van der Waals surface area contributed by atoms with Crippen molar-refractivity contribution >= 4 is 57.5 Å². The molecule has 8 aromatic rings. The Balaban J connectivity index is 1.51. The summed E-state index contributed by atoms with van der Waals surface area (Å²) < 4.78 is 14.4. The summed E-state index contributed by atoms with van der Waals surface area (Å²) in [5.41, 5.74) is 14.7. The first-order valence-electron chi connectivity index (χ1n) is 17.5. The first kappa shape index (κ1) is 31.3. The van der Waals surface area contributed by atoms with E-state index < -0.39 is 8.07 Å². The first-order chi connectivity index (χ1) is 23.5. The molecule has 3 aromatic heterocycles. The summed E-state index contributed by atoms with van der Waals surface area (Å²) in [5.74, 6) is 1.82. The van der Waals surface area contributed by atoms with Gasteiger partial charge in [0.25, 0.3) is 5.82 Å². The van der Waals surface area contributed by atoms with Crippen LogP contribution in [0.15, 0.2) is 101 Å². The highest BCUT2D eigenvalue weighted by Gasteiger charge is 2.34. The van der Waals surface area contributed by atoms with E-state index in [1.54, 1.807) is 0 Å². The zero-order valence-corrected chi connectivity index (χ0v) is 31.1. The van der Waals surface area contributed by atoms with Crippen LogP contribution in [0.4, 0.5) is 0 Å². The summed E-state index contributed by atoms with van der Waals surface area (Å²) in [6.07, 6.45) is 0. The SMILES string of the molecule is Cc1ccc2c(oc3c2ccc2c3nc([Si](C)(C)C)n2-c2ccccc2)c1-c1n(-c2c(C(C)C)cccc2C(C)C)c2ccccc2[n+]1C. The van der Waals surface area contributed by atoms with Gasteiger partial charge in [-0.25, -0.2) is 9.55 Å². The smallest absolute Gasteiger partial charge is 0.299 e. The number of aryl methyl sites for hydroxylation is 2. The minimum atomic E-state index is -1.84. The minimum Gasteiger partial charge on any atom is -0.453 e. The fraction of sp³-hybridized carbons (Fsp3) is 0.256. The molecule has 0 amide bonds. The van der Waals surface area contributed by atoms with Gasteiger partial charge >= 0.3 is 0 Å². The van der Waals surface area contributed by atoms with Crippen molar-refractivity contribution in [3.8, 4) is 22.8 Å². The predicted octanol–water partition coefficient (Wildman–Crippen LogP) is 10.5. The molecule has 0 aliphatic rings. The molecule has 0 radical (unpaired) electrons. The van der Waals surface area contributed by atoms with E-state index in [9.17, 15) is 0 Å². The Kier molecular flexibility index (Phi) is 7.23. The van der Waals surface area contributed by atoms with E-state index in [4.69, 9.17) is 9.40 Å². The molecule has 5 nitrogen and oxygen atoms in total. The highest BCUT2D eigenvalue weighted by atomic mass is 28.3. The second-order valence-corrected chi connectivity index (χ2v) is 20.2. The van der Waals surface area contributed by atoms with Gasteiger partial charge in [-0.05, 0) is 60.7 Å². The topological polar surface area (TPSA) is 39.8 Å². The van der Waals surface area contributed by atoms with E-state index in [0.717, 1.165) is 55.5 Å². The molecule has 0 bridgehead atoms. The molecule has 49 heavy (non-hydrogen) atoms. The molecule has 0 saturated carbocycles. The van der Waals surface area contributed by atoms with Crippen LogP contribution in [0.25, 0.3) is 66.8 Å². The number of furan rings is 1. The van der Waals surface area contributed by atoms with E-state index in [1.807, 2.05) is 0 Å². The third kappa shape index (κ3) is 4.72. The van der Waals surface area contributed by atoms with Crippen molar-refractivity contribution < 1.29 is 8.98 Å². The highest BCUT2D eigenvalue weighted by Crippen LogP contribution is 2.43. The molecule has 0 fully saturated rings. The van der Waals surface area contributed by atoms with E-state index in [2.05, 4.69) is 172 Å². The van der Waals surface area contributed by atoms with Crippen LogP contribution in [0.5, 0.6) is 0 Å². The summed E-state index contributed by atoms with van der Waals surface area (Å²) in [7, 11) is 0.356. The third-order valence-electron chi connectivity index (χ3n) is 10.1. The van der Waals surface area contributed by atoms with Crippen molar-refractivity contribution in [3.63, 3.8) is 0 Å². The van der Waals surface area contributed by atoms with Gasteiger partial charge in [-0.2, -0.15) is 4.57 Å². The molecule has 0 aliphatic heterocycles. The first-order valence-corrected chi connectivity index (χ1v) is 21.0. The molecule has 5 aromatic carbocycles. The van der Waals surface area contributed by atoms with Gasteiger partial charge in [-0.3, -0.25) is 0 Å². The number of benzene rings is 5. The quantitative estimate of drug-likeness (QED) is 0.131. The number of nitrogens with zero attached hydrogens (tertiary/aromatic N) is 4. The molecule has 6 heteroatoms.